The van der Waals surface area contributed by atoms with Crippen LogP contribution in [0.2, 0.25) is 0 Å². The third-order valence-electron chi connectivity index (χ3n) is 4.14. The van der Waals surface area contributed by atoms with Crippen LogP contribution in [0.5, 0.6) is 5.75 Å². The van der Waals surface area contributed by atoms with Gasteiger partial charge in [0, 0.05) is 18.7 Å². The number of rotatable bonds is 7. The highest BCUT2D eigenvalue weighted by molar-refractivity contribution is 7.89. The molecule has 4 N–H and O–H groups in total. The molecule has 0 spiro atoms. The monoisotopic (exact) mass is 419 g/mol. The van der Waals surface area contributed by atoms with Crippen molar-refractivity contribution in [1.82, 2.24) is 10.6 Å². The number of aromatic amines is 1. The molecule has 0 fully saturated rings. The minimum absolute atomic E-state index is 0.00995. The lowest BCUT2D eigenvalue weighted by Gasteiger charge is -2.04. The highest BCUT2D eigenvalue weighted by Crippen LogP contribution is 2.11. The van der Waals surface area contributed by atoms with Gasteiger partial charge in [-0.1, -0.05) is 12.1 Å². The Kier molecular flexibility index (Phi) is 5.80. The molecule has 2 aromatic carbocycles. The van der Waals surface area contributed by atoms with E-state index in [9.17, 15) is 18.0 Å². The van der Waals surface area contributed by atoms with E-state index in [4.69, 9.17) is 14.4 Å². The van der Waals surface area contributed by atoms with E-state index in [1.165, 1.54) is 23.9 Å². The number of sulfonamides is 1. The van der Waals surface area contributed by atoms with E-state index >= 15 is 0 Å². The van der Waals surface area contributed by atoms with Crippen LogP contribution in [-0.2, 0) is 16.4 Å². The largest absolute Gasteiger partial charge is 0.497 e. The molecule has 3 rings (SSSR count). The number of H-pyrrole nitrogens is 1. The van der Waals surface area contributed by atoms with Crippen LogP contribution in [0.3, 0.4) is 0 Å². The zero-order valence-electron chi connectivity index (χ0n) is 15.4. The second kappa shape index (κ2) is 8.29. The number of carbonyl (C=O) groups is 1. The topological polar surface area (TPSA) is 148 Å². The summed E-state index contributed by atoms with van der Waals surface area (Å²) in [6, 6.07) is 12.7. The van der Waals surface area contributed by atoms with Crippen molar-refractivity contribution in [3.63, 3.8) is 0 Å². The number of hydrogen-bond donors (Lipinski definition) is 3. The average Bonchev–Trinajstić information content (AvgIpc) is 3.09. The number of aromatic nitrogens is 2. The van der Waals surface area contributed by atoms with E-state index < -0.39 is 21.6 Å². The van der Waals surface area contributed by atoms with Crippen LogP contribution in [0.1, 0.15) is 16.1 Å². The first-order valence-electron chi connectivity index (χ1n) is 8.47. The van der Waals surface area contributed by atoms with Crippen LogP contribution in [0.25, 0.3) is 5.69 Å². The summed E-state index contributed by atoms with van der Waals surface area (Å²) >= 11 is 0. The molecular formula is C18H19N4O6S+. The third kappa shape index (κ3) is 4.70. The Hall–Kier alpha value is -3.44. The maximum atomic E-state index is 12.5. The first kappa shape index (κ1) is 20.3. The van der Waals surface area contributed by atoms with Gasteiger partial charge in [0.15, 0.2) is 0 Å². The Morgan fingerprint density at radius 1 is 1.17 bits per heavy atom. The molecule has 1 amide bonds. The van der Waals surface area contributed by atoms with Crippen molar-refractivity contribution in [3.8, 4) is 11.4 Å². The number of amides is 1. The fourth-order valence-corrected chi connectivity index (χ4v) is 3.15. The third-order valence-corrected chi connectivity index (χ3v) is 5.07. The van der Waals surface area contributed by atoms with Crippen molar-refractivity contribution in [2.45, 2.75) is 11.3 Å². The molecule has 1 heterocycles. The summed E-state index contributed by atoms with van der Waals surface area (Å²) in [5.41, 5.74) is 0.290. The van der Waals surface area contributed by atoms with Gasteiger partial charge in [-0.25, -0.2) is 18.4 Å². The zero-order chi connectivity index (χ0) is 21.0. The smallest absolute Gasteiger partial charge is 0.441 e. The maximum absolute atomic E-state index is 12.5. The highest BCUT2D eigenvalue weighted by atomic mass is 32.2. The molecule has 0 atom stereocenters. The summed E-state index contributed by atoms with van der Waals surface area (Å²) in [7, 11) is -2.22. The van der Waals surface area contributed by atoms with Crippen LogP contribution in [0.4, 0.5) is 0 Å². The molecule has 152 valence electrons. The Morgan fingerprint density at radius 2 is 1.83 bits per heavy atom. The van der Waals surface area contributed by atoms with Gasteiger partial charge < -0.3 is 10.1 Å². The second-order valence-electron chi connectivity index (χ2n) is 6.06. The predicted octanol–water partition coefficient (Wildman–Crippen LogP) is -0.127. The Bertz CT molecular complexity index is 1160. The van der Waals surface area contributed by atoms with E-state index in [1.54, 1.807) is 36.4 Å². The van der Waals surface area contributed by atoms with Crippen LogP contribution in [-0.4, -0.2) is 33.3 Å². The quantitative estimate of drug-likeness (QED) is 0.455. The highest BCUT2D eigenvalue weighted by Gasteiger charge is 2.30. The van der Waals surface area contributed by atoms with Crippen LogP contribution >= 0.6 is 0 Å². The van der Waals surface area contributed by atoms with Gasteiger partial charge in [0.25, 0.3) is 0 Å². The van der Waals surface area contributed by atoms with Crippen molar-refractivity contribution in [1.29, 1.82) is 0 Å². The van der Waals surface area contributed by atoms with Gasteiger partial charge in [-0.3, -0.25) is 9.32 Å². The van der Waals surface area contributed by atoms with E-state index in [-0.39, 0.29) is 17.1 Å². The summed E-state index contributed by atoms with van der Waals surface area (Å²) < 4.78 is 33.6. The summed E-state index contributed by atoms with van der Waals surface area (Å²) in [6.07, 6.45) is 0.426. The van der Waals surface area contributed by atoms with Crippen molar-refractivity contribution >= 4 is 15.9 Å². The van der Waals surface area contributed by atoms with E-state index in [0.717, 1.165) is 5.56 Å². The minimum Gasteiger partial charge on any atom is -0.497 e. The maximum Gasteiger partial charge on any atom is 0.441 e. The molecule has 0 aliphatic carbocycles. The summed E-state index contributed by atoms with van der Waals surface area (Å²) in [5.74, 6) is 0.0108. The first-order chi connectivity index (χ1) is 13.8. The molecule has 0 radical (unpaired) electrons. The molecule has 29 heavy (non-hydrogen) atoms. The van der Waals surface area contributed by atoms with Crippen molar-refractivity contribution in [2.24, 2.45) is 5.14 Å². The van der Waals surface area contributed by atoms with E-state index in [2.05, 4.69) is 10.6 Å². The lowest BCUT2D eigenvalue weighted by Crippen LogP contribution is -2.45. The first-order valence-corrected chi connectivity index (χ1v) is 10.0. The Morgan fingerprint density at radius 3 is 2.41 bits per heavy atom. The predicted molar refractivity (Wildman–Crippen MR) is 101 cm³/mol. The average molecular weight is 419 g/mol. The Labute approximate surface area is 165 Å². The van der Waals surface area contributed by atoms with Crippen molar-refractivity contribution in [3.05, 3.63) is 70.2 Å². The molecule has 0 saturated carbocycles. The van der Waals surface area contributed by atoms with Crippen LogP contribution < -0.4 is 25.5 Å². The van der Waals surface area contributed by atoms with Gasteiger partial charge in [0.05, 0.1) is 12.0 Å². The standard InChI is InChI=1S/C18H18N4O6S/c1-27-14-6-4-13(5-7-14)22-16(18(24)28-21-22)17(23)20-11-10-12-2-8-15(9-3-12)29(19,25)26/h2-9H,10-11H2,1H3,(H3-,19,20,21,23,24,25,26)/p+1. The molecule has 0 saturated heterocycles. The van der Waals surface area contributed by atoms with Crippen molar-refractivity contribution < 1.29 is 27.2 Å². The van der Waals surface area contributed by atoms with Gasteiger partial charge in [0.1, 0.15) is 5.75 Å². The number of primary sulfonamides is 1. The molecule has 0 unspecified atom stereocenters. The molecule has 0 bridgehead atoms. The van der Waals surface area contributed by atoms with Gasteiger partial charge in [0.2, 0.25) is 15.7 Å². The molecular weight excluding hydrogens is 400 g/mol. The SMILES string of the molecule is COc1ccc(-[n+]2[nH]oc(=O)c2C(=O)NCCc2ccc(S(N)(=O)=O)cc2)cc1. The normalized spacial score (nSPS) is 11.2. The molecule has 3 aromatic rings. The summed E-state index contributed by atoms with van der Waals surface area (Å²) in [6.45, 7) is 0.223. The van der Waals surface area contributed by atoms with Gasteiger partial charge in [-0.2, -0.15) is 0 Å². The number of carbonyl (C=O) groups excluding carboxylic acids is 1. The van der Waals surface area contributed by atoms with Gasteiger partial charge >= 0.3 is 17.2 Å². The van der Waals surface area contributed by atoms with Gasteiger partial charge in [-0.05, 0) is 46.2 Å². The number of methoxy groups -OCH3 is 1. The zero-order valence-corrected chi connectivity index (χ0v) is 16.2. The van der Waals surface area contributed by atoms with Crippen LogP contribution in [0.15, 0.2) is 62.7 Å². The van der Waals surface area contributed by atoms with Gasteiger partial charge in [-0.15, -0.1) is 0 Å². The molecule has 0 aliphatic heterocycles. The lowest BCUT2D eigenvalue weighted by atomic mass is 10.1. The summed E-state index contributed by atoms with van der Waals surface area (Å²) in [4.78, 5) is 24.5. The number of nitrogens with one attached hydrogen (secondary N) is 2. The minimum atomic E-state index is -3.75. The number of nitrogens with zero attached hydrogens (tertiary/aromatic N) is 1. The number of ether oxygens (including phenoxy) is 1. The number of benzene rings is 2. The Balaban J connectivity index is 1.68. The second-order valence-corrected chi connectivity index (χ2v) is 7.62. The summed E-state index contributed by atoms with van der Waals surface area (Å²) in [5, 5.41) is 10.1. The van der Waals surface area contributed by atoms with Crippen LogP contribution in [0, 0.1) is 0 Å². The van der Waals surface area contributed by atoms with E-state index in [1.807, 2.05) is 0 Å². The molecule has 0 aliphatic rings. The fraction of sp³-hybridized carbons (Fsp3) is 0.167. The number of hydrogen-bond acceptors (Lipinski definition) is 6. The van der Waals surface area contributed by atoms with Crippen molar-refractivity contribution in [2.75, 3.05) is 13.7 Å². The molecule has 11 heteroatoms. The lowest BCUT2D eigenvalue weighted by molar-refractivity contribution is -0.672. The number of nitrogens with two attached hydrogens (primary N) is 1. The van der Waals surface area contributed by atoms with E-state index in [0.29, 0.717) is 17.9 Å². The fourth-order valence-electron chi connectivity index (χ4n) is 2.63. The molecule has 1 aromatic heterocycles. The molecule has 10 nitrogen and oxygen atoms in total.